The number of aliphatic hydroxyl groups is 1. The lowest BCUT2D eigenvalue weighted by atomic mass is 10.1. The first-order valence-electron chi connectivity index (χ1n) is 7.53. The molecule has 0 atom stereocenters. The highest BCUT2D eigenvalue weighted by Crippen LogP contribution is 2.48. The van der Waals surface area contributed by atoms with Gasteiger partial charge in [-0.05, 0) is 24.3 Å². The quantitative estimate of drug-likeness (QED) is 0.382. The van der Waals surface area contributed by atoms with Crippen LogP contribution in [0, 0.1) is 0 Å². The van der Waals surface area contributed by atoms with E-state index in [-0.39, 0.29) is 6.61 Å². The molecule has 0 fully saturated rings. The van der Waals surface area contributed by atoms with Crippen molar-refractivity contribution in [3.63, 3.8) is 0 Å². The topological polar surface area (TPSA) is 89.0 Å². The van der Waals surface area contributed by atoms with Crippen molar-refractivity contribution in [2.75, 3.05) is 25.4 Å². The zero-order valence-corrected chi connectivity index (χ0v) is 13.3. The molecule has 1 aromatic carbocycles. The molecule has 4 rings (SSSR count). The second-order valence-electron chi connectivity index (χ2n) is 5.38. The first kappa shape index (κ1) is 14.5. The minimum atomic E-state index is 0.139. The summed E-state index contributed by atoms with van der Waals surface area (Å²) in [5.74, 6) is 0. The van der Waals surface area contributed by atoms with Crippen LogP contribution in [0.1, 0.15) is 0 Å². The van der Waals surface area contributed by atoms with E-state index in [1.807, 2.05) is 22.9 Å². The maximum Gasteiger partial charge on any atom is 0.121 e. The van der Waals surface area contributed by atoms with E-state index in [0.29, 0.717) is 6.54 Å². The lowest BCUT2D eigenvalue weighted by Gasteiger charge is -2.15. The lowest BCUT2D eigenvalue weighted by Crippen LogP contribution is -2.23. The molecule has 2 aromatic heterocycles. The Morgan fingerprint density at radius 2 is 2.13 bits per heavy atom. The molecule has 0 radical (unpaired) electrons. The summed E-state index contributed by atoms with van der Waals surface area (Å²) < 4.78 is 1.99. The smallest absolute Gasteiger partial charge is 0.121 e. The maximum atomic E-state index is 8.85. The Hall–Kier alpha value is -2.09. The number of aromatic nitrogens is 3. The largest absolute Gasteiger partial charge is 0.398 e. The number of nitrogens with zero attached hydrogens (tertiary/aromatic N) is 3. The fourth-order valence-electron chi connectivity index (χ4n) is 2.85. The number of hydrogen-bond donors (Lipinski definition) is 3. The van der Waals surface area contributed by atoms with Crippen LogP contribution in [0.3, 0.4) is 0 Å². The van der Waals surface area contributed by atoms with E-state index >= 15 is 0 Å². The molecule has 23 heavy (non-hydrogen) atoms. The monoisotopic (exact) mass is 327 g/mol. The Labute approximate surface area is 137 Å². The molecule has 7 heteroatoms. The van der Waals surface area contributed by atoms with E-state index in [0.717, 1.165) is 50.9 Å². The van der Waals surface area contributed by atoms with Crippen LogP contribution in [0.15, 0.2) is 40.3 Å². The molecule has 6 nitrogen and oxygen atoms in total. The number of anilines is 1. The molecule has 0 amide bonds. The van der Waals surface area contributed by atoms with Gasteiger partial charge in [-0.15, -0.1) is 0 Å². The third-order valence-electron chi connectivity index (χ3n) is 3.90. The Kier molecular flexibility index (Phi) is 3.68. The van der Waals surface area contributed by atoms with Gasteiger partial charge in [-0.1, -0.05) is 11.8 Å². The van der Waals surface area contributed by atoms with E-state index in [4.69, 9.17) is 15.9 Å². The summed E-state index contributed by atoms with van der Waals surface area (Å²) in [5, 5.41) is 17.9. The molecule has 3 aromatic rings. The van der Waals surface area contributed by atoms with Gasteiger partial charge < -0.3 is 16.2 Å². The highest BCUT2D eigenvalue weighted by Gasteiger charge is 2.26. The lowest BCUT2D eigenvalue weighted by molar-refractivity contribution is 0.291. The number of rotatable bonds is 5. The molecule has 0 aliphatic carbocycles. The molecule has 118 valence electrons. The van der Waals surface area contributed by atoms with Crippen molar-refractivity contribution in [2.45, 2.75) is 16.3 Å². The second-order valence-corrected chi connectivity index (χ2v) is 6.43. The fourth-order valence-corrected chi connectivity index (χ4v) is 3.95. The van der Waals surface area contributed by atoms with Crippen molar-refractivity contribution in [1.82, 2.24) is 20.1 Å². The van der Waals surface area contributed by atoms with Crippen molar-refractivity contribution in [3.05, 3.63) is 30.5 Å². The second kappa shape index (κ2) is 5.84. The zero-order chi connectivity index (χ0) is 15.8. The van der Waals surface area contributed by atoms with Crippen LogP contribution >= 0.6 is 11.8 Å². The number of nitrogens with two attached hydrogens (primary N) is 1. The number of fused-ring (bicyclic) bond motifs is 2. The summed E-state index contributed by atoms with van der Waals surface area (Å²) in [5.41, 5.74) is 9.85. The average molecular weight is 327 g/mol. The third-order valence-corrected chi connectivity index (χ3v) is 5.09. The molecular weight excluding hydrogens is 310 g/mol. The summed E-state index contributed by atoms with van der Waals surface area (Å²) >= 11 is 1.66. The Bertz CT molecular complexity index is 876. The molecule has 0 unspecified atom stereocenters. The number of hydrogen-bond acceptors (Lipinski definition) is 6. The van der Waals surface area contributed by atoms with Crippen LogP contribution in [-0.4, -0.2) is 39.6 Å². The standard InChI is InChI=1S/C16H17N5OS/c17-10-3-4-11-13-15(20-21(11)8-6-18-7-9-22)14-12(23-16(10)13)2-1-5-19-14/h1-5,18,22H,6-9,17H2. The summed E-state index contributed by atoms with van der Waals surface area (Å²) in [6.45, 7) is 2.20. The summed E-state index contributed by atoms with van der Waals surface area (Å²) in [4.78, 5) is 6.66. The van der Waals surface area contributed by atoms with Crippen molar-refractivity contribution in [3.8, 4) is 11.4 Å². The van der Waals surface area contributed by atoms with Gasteiger partial charge in [0.1, 0.15) is 11.4 Å². The third kappa shape index (κ3) is 2.37. The highest BCUT2D eigenvalue weighted by molar-refractivity contribution is 8.00. The number of pyridine rings is 1. The van der Waals surface area contributed by atoms with E-state index in [1.54, 1.807) is 18.0 Å². The SMILES string of the molecule is Nc1ccc2c3c(nn2CCNCCO)-c2ncccc2Sc13. The van der Waals surface area contributed by atoms with Crippen molar-refractivity contribution in [1.29, 1.82) is 0 Å². The number of aliphatic hydroxyl groups excluding tert-OH is 1. The Morgan fingerprint density at radius 1 is 1.22 bits per heavy atom. The van der Waals surface area contributed by atoms with Gasteiger partial charge in [-0.3, -0.25) is 9.67 Å². The van der Waals surface area contributed by atoms with Gasteiger partial charge in [0.25, 0.3) is 0 Å². The van der Waals surface area contributed by atoms with Crippen LogP contribution < -0.4 is 11.1 Å². The van der Waals surface area contributed by atoms with Crippen LogP contribution in [0.4, 0.5) is 5.69 Å². The zero-order valence-electron chi connectivity index (χ0n) is 12.5. The maximum absolute atomic E-state index is 8.85. The molecule has 1 aliphatic rings. The molecule has 0 spiro atoms. The average Bonchev–Trinajstić information content (AvgIpc) is 2.95. The minimum Gasteiger partial charge on any atom is -0.398 e. The van der Waals surface area contributed by atoms with Gasteiger partial charge in [0.2, 0.25) is 0 Å². The summed E-state index contributed by atoms with van der Waals surface area (Å²) in [6, 6.07) is 7.94. The predicted molar refractivity (Wildman–Crippen MR) is 91.5 cm³/mol. The molecule has 3 heterocycles. The Morgan fingerprint density at radius 3 is 3.00 bits per heavy atom. The molecule has 0 saturated heterocycles. The summed E-state index contributed by atoms with van der Waals surface area (Å²) in [6.07, 6.45) is 1.80. The van der Waals surface area contributed by atoms with Gasteiger partial charge in [0.15, 0.2) is 0 Å². The number of nitrogen functional groups attached to an aromatic ring is 1. The van der Waals surface area contributed by atoms with Crippen LogP contribution in [0.5, 0.6) is 0 Å². The van der Waals surface area contributed by atoms with E-state index < -0.39 is 0 Å². The molecule has 4 N–H and O–H groups in total. The molecule has 0 saturated carbocycles. The number of benzene rings is 1. The normalized spacial score (nSPS) is 12.6. The Balaban J connectivity index is 1.83. The molecular formula is C16H17N5OS. The van der Waals surface area contributed by atoms with Gasteiger partial charge in [0, 0.05) is 40.2 Å². The first-order chi connectivity index (χ1) is 11.3. The van der Waals surface area contributed by atoms with Crippen molar-refractivity contribution < 1.29 is 5.11 Å². The minimum absolute atomic E-state index is 0.139. The van der Waals surface area contributed by atoms with E-state index in [9.17, 15) is 0 Å². The van der Waals surface area contributed by atoms with Gasteiger partial charge in [0.05, 0.1) is 18.7 Å². The molecule has 1 aliphatic heterocycles. The predicted octanol–water partition coefficient (Wildman–Crippen LogP) is 1.73. The van der Waals surface area contributed by atoms with Gasteiger partial charge in [-0.25, -0.2) is 0 Å². The van der Waals surface area contributed by atoms with E-state index in [2.05, 4.69) is 16.4 Å². The number of nitrogens with one attached hydrogen (secondary N) is 1. The molecule has 0 bridgehead atoms. The van der Waals surface area contributed by atoms with Crippen LogP contribution in [-0.2, 0) is 6.54 Å². The van der Waals surface area contributed by atoms with Crippen LogP contribution in [0.25, 0.3) is 22.3 Å². The van der Waals surface area contributed by atoms with Gasteiger partial charge in [-0.2, -0.15) is 5.10 Å². The van der Waals surface area contributed by atoms with Crippen molar-refractivity contribution in [2.24, 2.45) is 0 Å². The fraction of sp³-hybridized carbons (Fsp3) is 0.250. The van der Waals surface area contributed by atoms with Gasteiger partial charge >= 0.3 is 0 Å². The van der Waals surface area contributed by atoms with Crippen LogP contribution in [0.2, 0.25) is 0 Å². The van der Waals surface area contributed by atoms with E-state index in [1.165, 1.54) is 0 Å². The van der Waals surface area contributed by atoms with Crippen molar-refractivity contribution >= 4 is 28.4 Å². The summed E-state index contributed by atoms with van der Waals surface area (Å²) in [7, 11) is 0. The highest BCUT2D eigenvalue weighted by atomic mass is 32.2. The first-order valence-corrected chi connectivity index (χ1v) is 8.35.